The Morgan fingerprint density at radius 3 is 2.94 bits per heavy atom. The first kappa shape index (κ1) is 11.8. The molecule has 2 heterocycles. The number of nitrogens with one attached hydrogen (secondary N) is 2. The van der Waals surface area contributed by atoms with Gasteiger partial charge in [-0.25, -0.2) is 4.98 Å². The predicted octanol–water partition coefficient (Wildman–Crippen LogP) is 0.885. The predicted molar refractivity (Wildman–Crippen MR) is 61.6 cm³/mol. The van der Waals surface area contributed by atoms with Crippen LogP contribution in [0, 0.1) is 11.3 Å². The van der Waals surface area contributed by atoms with Crippen molar-refractivity contribution in [2.24, 2.45) is 0 Å². The van der Waals surface area contributed by atoms with Crippen LogP contribution in [0.4, 0.5) is 5.13 Å². The molecule has 1 unspecified atom stereocenters. The zero-order chi connectivity index (χ0) is 12.4. The molecule has 1 fully saturated rings. The highest BCUT2D eigenvalue weighted by molar-refractivity contribution is 7.16. The van der Waals surface area contributed by atoms with E-state index < -0.39 is 6.04 Å². The Hall–Kier alpha value is -1.65. The van der Waals surface area contributed by atoms with Crippen molar-refractivity contribution in [3.05, 3.63) is 10.0 Å². The Morgan fingerprint density at radius 1 is 1.59 bits per heavy atom. The fourth-order valence-corrected chi connectivity index (χ4v) is 2.41. The van der Waals surface area contributed by atoms with Crippen molar-refractivity contribution in [1.29, 1.82) is 5.26 Å². The van der Waals surface area contributed by atoms with E-state index in [1.165, 1.54) is 0 Å². The fraction of sp³-hybridized carbons (Fsp3) is 0.333. The van der Waals surface area contributed by atoms with Gasteiger partial charge in [-0.1, -0.05) is 22.9 Å². The van der Waals surface area contributed by atoms with Gasteiger partial charge >= 0.3 is 0 Å². The highest BCUT2D eigenvalue weighted by atomic mass is 35.5. The fourth-order valence-electron chi connectivity index (χ4n) is 1.41. The molecule has 1 saturated heterocycles. The van der Waals surface area contributed by atoms with Crippen LogP contribution in [-0.2, 0) is 9.59 Å². The van der Waals surface area contributed by atoms with E-state index in [2.05, 4.69) is 15.6 Å². The maximum atomic E-state index is 11.5. The van der Waals surface area contributed by atoms with Gasteiger partial charge in [0, 0.05) is 6.42 Å². The number of piperidine rings is 1. The molecule has 8 heteroatoms. The molecule has 1 atom stereocenters. The molecule has 0 bridgehead atoms. The van der Waals surface area contributed by atoms with Crippen molar-refractivity contribution in [2.75, 3.05) is 5.32 Å². The summed E-state index contributed by atoms with van der Waals surface area (Å²) in [6, 6.07) is 1.39. The number of nitrogens with zero attached hydrogens (tertiary/aromatic N) is 2. The van der Waals surface area contributed by atoms with Gasteiger partial charge in [0.1, 0.15) is 17.0 Å². The van der Waals surface area contributed by atoms with E-state index in [4.69, 9.17) is 16.9 Å². The Labute approximate surface area is 106 Å². The summed E-state index contributed by atoms with van der Waals surface area (Å²) in [6.45, 7) is 0. The minimum Gasteiger partial charge on any atom is -0.350 e. The number of carbonyl (C=O) groups is 2. The van der Waals surface area contributed by atoms with Crippen molar-refractivity contribution in [3.8, 4) is 6.07 Å². The summed E-state index contributed by atoms with van der Waals surface area (Å²) in [5, 5.41) is 14.3. The third kappa shape index (κ3) is 2.54. The van der Waals surface area contributed by atoms with Gasteiger partial charge in [-0.15, -0.1) is 0 Å². The molecule has 0 spiro atoms. The van der Waals surface area contributed by atoms with Gasteiger partial charge in [0.2, 0.25) is 11.8 Å². The maximum Gasteiger partial charge on any atom is 0.249 e. The standard InChI is InChI=1S/C9H7ClN4O2S/c10-7-5(3-11)17-9(14-7)12-4-1-2-6(15)13-8(4)16/h4H,1-2H2,(H,12,14)(H,13,15,16). The molecule has 1 aliphatic heterocycles. The maximum absolute atomic E-state index is 11.5. The van der Waals surface area contributed by atoms with Crippen LogP contribution in [0.1, 0.15) is 17.7 Å². The lowest BCUT2D eigenvalue weighted by molar-refractivity contribution is -0.133. The SMILES string of the molecule is N#Cc1sc(NC2CCC(=O)NC2=O)nc1Cl. The molecular weight excluding hydrogens is 264 g/mol. The van der Waals surface area contributed by atoms with Crippen molar-refractivity contribution in [1.82, 2.24) is 10.3 Å². The normalized spacial score (nSPS) is 19.6. The topological polar surface area (TPSA) is 94.9 Å². The van der Waals surface area contributed by atoms with Crippen molar-refractivity contribution < 1.29 is 9.59 Å². The first-order valence-electron chi connectivity index (χ1n) is 4.77. The zero-order valence-corrected chi connectivity index (χ0v) is 10.1. The van der Waals surface area contributed by atoms with Gasteiger partial charge in [0.15, 0.2) is 10.3 Å². The number of hydrogen-bond acceptors (Lipinski definition) is 6. The van der Waals surface area contributed by atoms with Gasteiger partial charge in [0.25, 0.3) is 0 Å². The number of imide groups is 1. The molecule has 2 rings (SSSR count). The summed E-state index contributed by atoms with van der Waals surface area (Å²) in [5.74, 6) is -0.658. The van der Waals surface area contributed by atoms with Gasteiger partial charge in [0.05, 0.1) is 0 Å². The van der Waals surface area contributed by atoms with Crippen LogP contribution in [0.2, 0.25) is 5.15 Å². The first-order valence-corrected chi connectivity index (χ1v) is 5.96. The average Bonchev–Trinajstić information content (AvgIpc) is 2.63. The lowest BCUT2D eigenvalue weighted by atomic mass is 10.1. The van der Waals surface area contributed by atoms with Crippen LogP contribution >= 0.6 is 22.9 Å². The largest absolute Gasteiger partial charge is 0.350 e. The van der Waals surface area contributed by atoms with Gasteiger partial charge < -0.3 is 5.32 Å². The van der Waals surface area contributed by atoms with Crippen LogP contribution in [0.5, 0.6) is 0 Å². The quantitative estimate of drug-likeness (QED) is 0.778. The molecule has 0 aromatic carbocycles. The van der Waals surface area contributed by atoms with Gasteiger partial charge in [-0.2, -0.15) is 5.26 Å². The number of thiazole rings is 1. The van der Waals surface area contributed by atoms with E-state index in [9.17, 15) is 9.59 Å². The summed E-state index contributed by atoms with van der Waals surface area (Å²) in [7, 11) is 0. The number of carbonyl (C=O) groups excluding carboxylic acids is 2. The molecular formula is C9H7ClN4O2S. The minimum absolute atomic E-state index is 0.118. The lowest BCUT2D eigenvalue weighted by Gasteiger charge is -2.21. The second kappa shape index (κ2) is 4.69. The molecule has 1 aromatic rings. The van der Waals surface area contributed by atoms with E-state index in [0.29, 0.717) is 16.4 Å². The Bertz CT molecular complexity index is 522. The van der Waals surface area contributed by atoms with E-state index in [0.717, 1.165) is 11.3 Å². The van der Waals surface area contributed by atoms with E-state index in [1.807, 2.05) is 6.07 Å². The molecule has 88 valence electrons. The highest BCUT2D eigenvalue weighted by Gasteiger charge is 2.27. The molecule has 17 heavy (non-hydrogen) atoms. The van der Waals surface area contributed by atoms with Crippen LogP contribution in [-0.4, -0.2) is 22.8 Å². The summed E-state index contributed by atoms with van der Waals surface area (Å²) >= 11 is 6.78. The van der Waals surface area contributed by atoms with Crippen molar-refractivity contribution in [3.63, 3.8) is 0 Å². The third-order valence-electron chi connectivity index (χ3n) is 2.22. The summed E-state index contributed by atoms with van der Waals surface area (Å²) in [4.78, 5) is 26.6. The molecule has 0 aliphatic carbocycles. The number of hydrogen-bond donors (Lipinski definition) is 2. The van der Waals surface area contributed by atoms with Crippen LogP contribution in [0.25, 0.3) is 0 Å². The number of aromatic nitrogens is 1. The van der Waals surface area contributed by atoms with Crippen LogP contribution in [0.3, 0.4) is 0 Å². The second-order valence-corrected chi connectivity index (χ2v) is 4.76. The highest BCUT2D eigenvalue weighted by Crippen LogP contribution is 2.27. The molecule has 2 amide bonds. The van der Waals surface area contributed by atoms with E-state index >= 15 is 0 Å². The number of anilines is 1. The Morgan fingerprint density at radius 2 is 2.35 bits per heavy atom. The van der Waals surface area contributed by atoms with Gasteiger partial charge in [-0.05, 0) is 6.42 Å². The summed E-state index contributed by atoms with van der Waals surface area (Å²) in [5.41, 5.74) is 0. The molecule has 0 saturated carbocycles. The lowest BCUT2D eigenvalue weighted by Crippen LogP contribution is -2.47. The van der Waals surface area contributed by atoms with Crippen LogP contribution < -0.4 is 10.6 Å². The second-order valence-electron chi connectivity index (χ2n) is 3.40. The molecule has 0 radical (unpaired) electrons. The molecule has 1 aromatic heterocycles. The number of halogens is 1. The smallest absolute Gasteiger partial charge is 0.249 e. The van der Waals surface area contributed by atoms with E-state index in [1.54, 1.807) is 0 Å². The van der Waals surface area contributed by atoms with Gasteiger partial charge in [-0.3, -0.25) is 14.9 Å². The van der Waals surface area contributed by atoms with Crippen molar-refractivity contribution in [2.45, 2.75) is 18.9 Å². The third-order valence-corrected chi connectivity index (χ3v) is 3.50. The zero-order valence-electron chi connectivity index (χ0n) is 8.49. The van der Waals surface area contributed by atoms with Crippen molar-refractivity contribution >= 4 is 39.9 Å². The average molecular weight is 271 g/mol. The molecule has 2 N–H and O–H groups in total. The number of nitriles is 1. The van der Waals surface area contributed by atoms with Crippen LogP contribution in [0.15, 0.2) is 0 Å². The summed E-state index contributed by atoms with van der Waals surface area (Å²) < 4.78 is 0. The van der Waals surface area contributed by atoms with E-state index in [-0.39, 0.29) is 23.4 Å². The minimum atomic E-state index is -0.513. The number of rotatable bonds is 2. The first-order chi connectivity index (χ1) is 8.10. The number of amides is 2. The Balaban J connectivity index is 2.08. The Kier molecular flexibility index (Phi) is 3.26. The molecule has 6 nitrogen and oxygen atoms in total. The summed E-state index contributed by atoms with van der Waals surface area (Å²) in [6.07, 6.45) is 0.692. The molecule has 1 aliphatic rings. The monoisotopic (exact) mass is 270 g/mol.